The van der Waals surface area contributed by atoms with Crippen molar-refractivity contribution >= 4 is 27.1 Å². The number of ether oxygens (including phenoxy) is 1. The smallest absolute Gasteiger partial charge is 0.387 e. The molecule has 1 aromatic carbocycles. The Hall–Kier alpha value is -3.08. The van der Waals surface area contributed by atoms with Crippen LogP contribution in [0, 0.1) is 5.41 Å². The fourth-order valence-electron chi connectivity index (χ4n) is 3.29. The van der Waals surface area contributed by atoms with Gasteiger partial charge in [0, 0.05) is 20.2 Å². The Balaban J connectivity index is 0.00000341. The number of sulfone groups is 1. The molecule has 1 aliphatic rings. The third kappa shape index (κ3) is 4.73. The summed E-state index contributed by atoms with van der Waals surface area (Å²) in [6.07, 6.45) is 1.27. The number of carbonyl (C=O) groups excluding carboxylic acids is 1. The van der Waals surface area contributed by atoms with Crippen molar-refractivity contribution in [1.29, 1.82) is 5.41 Å². The van der Waals surface area contributed by atoms with Crippen LogP contribution in [0.2, 0.25) is 0 Å². The van der Waals surface area contributed by atoms with Crippen LogP contribution in [0.3, 0.4) is 0 Å². The van der Waals surface area contributed by atoms with Crippen LogP contribution in [0.5, 0.6) is 5.75 Å². The summed E-state index contributed by atoms with van der Waals surface area (Å²) >= 11 is 0. The van der Waals surface area contributed by atoms with E-state index in [0.717, 1.165) is 0 Å². The van der Waals surface area contributed by atoms with Crippen molar-refractivity contribution < 1.29 is 28.2 Å². The molecule has 1 amide bonds. The largest absolute Gasteiger partial charge is 0.435 e. The van der Waals surface area contributed by atoms with Crippen molar-refractivity contribution in [2.24, 2.45) is 0 Å². The maximum atomic E-state index is 12.5. The number of aromatic nitrogens is 1. The molecule has 0 unspecified atom stereocenters. The summed E-state index contributed by atoms with van der Waals surface area (Å²) in [5.41, 5.74) is 0.201. The average Bonchev–Trinajstić information content (AvgIpc) is 2.64. The first-order chi connectivity index (χ1) is 14.0. The maximum Gasteiger partial charge on any atom is 0.387 e. The van der Waals surface area contributed by atoms with Crippen LogP contribution in [0.25, 0.3) is 0 Å². The number of halogens is 2. The summed E-state index contributed by atoms with van der Waals surface area (Å²) in [6.45, 7) is -1.33. The van der Waals surface area contributed by atoms with Crippen LogP contribution in [0.4, 0.5) is 14.5 Å². The van der Waals surface area contributed by atoms with E-state index >= 15 is 0 Å². The van der Waals surface area contributed by atoms with Crippen LogP contribution in [-0.4, -0.2) is 55.7 Å². The normalized spacial score (nSPS) is 16.4. The molecule has 3 N–H and O–H groups in total. The number of alkyl halides is 2. The topological polar surface area (TPSA) is 121 Å². The van der Waals surface area contributed by atoms with Gasteiger partial charge in [-0.25, -0.2) is 8.42 Å². The van der Waals surface area contributed by atoms with Crippen molar-refractivity contribution in [3.8, 4) is 5.75 Å². The fourth-order valence-corrected chi connectivity index (χ4v) is 5.29. The lowest BCUT2D eigenvalue weighted by Crippen LogP contribution is -2.63. The lowest BCUT2D eigenvalue weighted by atomic mass is 10.0. The summed E-state index contributed by atoms with van der Waals surface area (Å²) < 4.78 is 52.1. The van der Waals surface area contributed by atoms with E-state index in [2.05, 4.69) is 20.4 Å². The Morgan fingerprint density at radius 3 is 2.60 bits per heavy atom. The van der Waals surface area contributed by atoms with Crippen molar-refractivity contribution in [2.75, 3.05) is 23.9 Å². The zero-order valence-corrected chi connectivity index (χ0v) is 17.0. The Bertz CT molecular complexity index is 1100. The molecule has 162 valence electrons. The third-order valence-corrected chi connectivity index (χ3v) is 6.65. The van der Waals surface area contributed by atoms with Gasteiger partial charge in [-0.3, -0.25) is 15.2 Å². The quantitative estimate of drug-likeness (QED) is 0.568. The molecule has 0 radical (unpaired) electrons. The van der Waals surface area contributed by atoms with E-state index in [1.54, 1.807) is 20.0 Å². The molecule has 0 saturated carbocycles. The van der Waals surface area contributed by atoms with Crippen LogP contribution in [0.15, 0.2) is 36.5 Å². The Morgan fingerprint density at radius 2 is 2.00 bits per heavy atom. The van der Waals surface area contributed by atoms with E-state index in [9.17, 15) is 22.0 Å². The zero-order valence-electron chi connectivity index (χ0n) is 16.2. The summed E-state index contributed by atoms with van der Waals surface area (Å²) in [6, 6.07) is 7.18. The highest BCUT2D eigenvalue weighted by molar-refractivity contribution is 7.93. The van der Waals surface area contributed by atoms with Gasteiger partial charge in [0.1, 0.15) is 11.4 Å². The average molecular weight is 440 g/mol. The van der Waals surface area contributed by atoms with Crippen molar-refractivity contribution in [3.05, 3.63) is 53.3 Å². The zero-order chi connectivity index (χ0) is 22.1. The summed E-state index contributed by atoms with van der Waals surface area (Å²) in [5.74, 6) is -0.824. The van der Waals surface area contributed by atoms with Gasteiger partial charge < -0.3 is 15.4 Å². The monoisotopic (exact) mass is 440 g/mol. The second-order valence-corrected chi connectivity index (χ2v) is 9.26. The van der Waals surface area contributed by atoms with E-state index in [1.807, 2.05) is 0 Å². The predicted molar refractivity (Wildman–Crippen MR) is 109 cm³/mol. The molecule has 1 fully saturated rings. The minimum Gasteiger partial charge on any atom is -0.435 e. The molecule has 3 rings (SSSR count). The minimum atomic E-state index is -3.12. The molecular formula is C19H22F2N4O4S. The van der Waals surface area contributed by atoms with E-state index in [1.165, 1.54) is 30.5 Å². The number of hydrogen-bond acceptors (Lipinski definition) is 7. The Labute approximate surface area is 173 Å². The van der Waals surface area contributed by atoms with Crippen molar-refractivity contribution in [1.82, 2.24) is 10.3 Å². The minimum absolute atomic E-state index is 0. The first-order valence-electron chi connectivity index (χ1n) is 8.87. The standard InChI is InChI=1S/C19H20F2N4O4S.H2/c1-19(9-30(27,28)10-19)25-17(26)12-7-14(23-2)16(24-8-12)15(22)11-4-3-5-13(6-11)29-18(20)21;/h3-8,18,22-23H,9-10H2,1-2H3,(H,25,26);1H. The Kier molecular flexibility index (Phi) is 5.75. The first kappa shape index (κ1) is 21.6. The molecule has 1 aromatic heterocycles. The van der Waals surface area contributed by atoms with Gasteiger partial charge >= 0.3 is 6.61 Å². The molecule has 2 heterocycles. The number of anilines is 1. The number of nitrogens with zero attached hydrogens (tertiary/aromatic N) is 1. The van der Waals surface area contributed by atoms with Crippen LogP contribution in [-0.2, 0) is 9.84 Å². The Morgan fingerprint density at radius 1 is 1.30 bits per heavy atom. The van der Waals surface area contributed by atoms with Crippen LogP contribution < -0.4 is 15.4 Å². The van der Waals surface area contributed by atoms with Crippen LogP contribution >= 0.6 is 0 Å². The lowest BCUT2D eigenvalue weighted by Gasteiger charge is -2.38. The second-order valence-electron chi connectivity index (χ2n) is 7.20. The molecule has 0 atom stereocenters. The lowest BCUT2D eigenvalue weighted by molar-refractivity contribution is -0.0498. The van der Waals surface area contributed by atoms with Gasteiger partial charge in [-0.15, -0.1) is 0 Å². The molecule has 30 heavy (non-hydrogen) atoms. The highest BCUT2D eigenvalue weighted by Gasteiger charge is 2.45. The van der Waals surface area contributed by atoms with E-state index in [0.29, 0.717) is 11.3 Å². The molecule has 2 aromatic rings. The van der Waals surface area contributed by atoms with Crippen molar-refractivity contribution in [2.45, 2.75) is 19.1 Å². The predicted octanol–water partition coefficient (Wildman–Crippen LogP) is 2.30. The summed E-state index contributed by atoms with van der Waals surface area (Å²) in [5, 5.41) is 13.9. The fraction of sp³-hybridized carbons (Fsp3) is 0.316. The van der Waals surface area contributed by atoms with Gasteiger partial charge in [-0.05, 0) is 25.1 Å². The van der Waals surface area contributed by atoms with Gasteiger partial charge in [0.05, 0.1) is 34.0 Å². The van der Waals surface area contributed by atoms with Gasteiger partial charge in [0.15, 0.2) is 9.84 Å². The summed E-state index contributed by atoms with van der Waals surface area (Å²) in [4.78, 5) is 16.7. The molecule has 0 aliphatic carbocycles. The number of pyridine rings is 1. The van der Waals surface area contributed by atoms with Gasteiger partial charge in [-0.1, -0.05) is 12.1 Å². The highest BCUT2D eigenvalue weighted by Crippen LogP contribution is 2.25. The number of amides is 1. The van der Waals surface area contributed by atoms with E-state index in [-0.39, 0.29) is 35.7 Å². The molecule has 8 nitrogen and oxygen atoms in total. The second kappa shape index (κ2) is 7.98. The number of carbonyl (C=O) groups is 1. The van der Waals surface area contributed by atoms with E-state index < -0.39 is 27.9 Å². The molecule has 1 saturated heterocycles. The molecule has 11 heteroatoms. The first-order valence-corrected chi connectivity index (χ1v) is 10.7. The molecule has 1 aliphatic heterocycles. The molecule has 0 spiro atoms. The van der Waals surface area contributed by atoms with Crippen molar-refractivity contribution in [3.63, 3.8) is 0 Å². The van der Waals surface area contributed by atoms with Crippen LogP contribution in [0.1, 0.15) is 30.0 Å². The number of benzene rings is 1. The molecule has 0 bridgehead atoms. The maximum absolute atomic E-state index is 12.5. The highest BCUT2D eigenvalue weighted by atomic mass is 32.2. The summed E-state index contributed by atoms with van der Waals surface area (Å²) in [7, 11) is -1.53. The third-order valence-electron chi connectivity index (χ3n) is 4.50. The number of nitrogens with one attached hydrogen (secondary N) is 3. The SMILES string of the molecule is CNc1cc(C(=O)NC2(C)CS(=O)(=O)C2)cnc1C(=N)c1cccc(OC(F)F)c1.[HH]. The van der Waals surface area contributed by atoms with E-state index in [4.69, 9.17) is 5.41 Å². The number of hydrogen-bond donors (Lipinski definition) is 3. The van der Waals surface area contributed by atoms with Gasteiger partial charge in [0.2, 0.25) is 0 Å². The molecular weight excluding hydrogens is 418 g/mol. The van der Waals surface area contributed by atoms with Gasteiger partial charge in [0.25, 0.3) is 5.91 Å². The van der Waals surface area contributed by atoms with Gasteiger partial charge in [-0.2, -0.15) is 8.78 Å². The number of rotatable bonds is 7.